The van der Waals surface area contributed by atoms with Gasteiger partial charge in [-0.1, -0.05) is 6.92 Å². The highest BCUT2D eigenvalue weighted by atomic mass is 19.4. The molecule has 23 heavy (non-hydrogen) atoms. The minimum absolute atomic E-state index is 0.0110. The van der Waals surface area contributed by atoms with Gasteiger partial charge in [0.05, 0.1) is 0 Å². The zero-order valence-corrected chi connectivity index (χ0v) is 12.8. The lowest BCUT2D eigenvalue weighted by molar-refractivity contribution is -0.146. The summed E-state index contributed by atoms with van der Waals surface area (Å²) >= 11 is 0. The van der Waals surface area contributed by atoms with Gasteiger partial charge in [0, 0.05) is 6.04 Å². The van der Waals surface area contributed by atoms with Crippen LogP contribution in [-0.2, 0) is 11.0 Å². The van der Waals surface area contributed by atoms with Gasteiger partial charge >= 0.3 is 6.18 Å². The van der Waals surface area contributed by atoms with E-state index in [1.54, 1.807) is 6.92 Å². The lowest BCUT2D eigenvalue weighted by Gasteiger charge is -2.17. The van der Waals surface area contributed by atoms with Crippen LogP contribution in [0.4, 0.5) is 19.0 Å². The summed E-state index contributed by atoms with van der Waals surface area (Å²) in [5, 5.41) is 15.9. The van der Waals surface area contributed by atoms with E-state index in [0.717, 1.165) is 6.42 Å². The number of amides is 1. The number of aromatic nitrogens is 4. The second kappa shape index (κ2) is 6.39. The average molecular weight is 330 g/mol. The Bertz CT molecular complexity index is 699. The van der Waals surface area contributed by atoms with E-state index in [1.165, 1.54) is 12.1 Å². The van der Waals surface area contributed by atoms with Crippen molar-refractivity contribution < 1.29 is 18.0 Å². The van der Waals surface area contributed by atoms with E-state index < -0.39 is 18.0 Å². The quantitative estimate of drug-likeness (QED) is 0.874. The minimum atomic E-state index is -4.66. The van der Waals surface area contributed by atoms with Crippen LogP contribution in [0.2, 0.25) is 0 Å². The van der Waals surface area contributed by atoms with Crippen molar-refractivity contribution in [2.45, 2.75) is 45.5 Å². The molecule has 0 saturated heterocycles. The van der Waals surface area contributed by atoms with Crippen molar-refractivity contribution in [2.75, 3.05) is 5.32 Å². The number of fused-ring (bicyclic) bond motifs is 1. The first-order valence-electron chi connectivity index (χ1n) is 7.09. The number of nitrogens with zero attached hydrogens (tertiary/aromatic N) is 4. The van der Waals surface area contributed by atoms with Crippen LogP contribution in [0.25, 0.3) is 5.65 Å². The van der Waals surface area contributed by atoms with Crippen LogP contribution in [0, 0.1) is 0 Å². The van der Waals surface area contributed by atoms with Crippen molar-refractivity contribution in [3.8, 4) is 0 Å². The number of anilines is 1. The molecule has 0 aromatic carbocycles. The van der Waals surface area contributed by atoms with E-state index in [1.807, 2.05) is 13.8 Å². The van der Waals surface area contributed by atoms with Gasteiger partial charge in [0.2, 0.25) is 5.91 Å². The van der Waals surface area contributed by atoms with E-state index in [4.69, 9.17) is 0 Å². The first-order valence-corrected chi connectivity index (χ1v) is 7.09. The fourth-order valence-electron chi connectivity index (χ4n) is 1.80. The molecule has 0 aliphatic rings. The van der Waals surface area contributed by atoms with Crippen molar-refractivity contribution in [3.63, 3.8) is 0 Å². The first-order chi connectivity index (χ1) is 10.7. The van der Waals surface area contributed by atoms with Gasteiger partial charge in [0.25, 0.3) is 5.82 Å². The maximum Gasteiger partial charge on any atom is 0.453 e. The van der Waals surface area contributed by atoms with Gasteiger partial charge in [-0.3, -0.25) is 4.79 Å². The Balaban J connectivity index is 2.19. The number of hydrogen-bond acceptors (Lipinski definition) is 5. The molecule has 2 unspecified atom stereocenters. The fourth-order valence-corrected chi connectivity index (χ4v) is 1.80. The molecule has 0 spiro atoms. The van der Waals surface area contributed by atoms with Gasteiger partial charge in [-0.15, -0.1) is 15.3 Å². The van der Waals surface area contributed by atoms with Crippen molar-refractivity contribution in [3.05, 3.63) is 18.0 Å². The van der Waals surface area contributed by atoms with Crippen molar-refractivity contribution in [2.24, 2.45) is 0 Å². The average Bonchev–Trinajstić information content (AvgIpc) is 2.90. The third-order valence-electron chi connectivity index (χ3n) is 3.28. The molecule has 2 heterocycles. The number of rotatable bonds is 5. The first kappa shape index (κ1) is 17.0. The molecule has 2 rings (SSSR count). The molecule has 0 fully saturated rings. The number of carbonyl (C=O) groups excluding carboxylic acids is 1. The number of halogens is 3. The molecule has 10 heteroatoms. The highest BCUT2D eigenvalue weighted by molar-refractivity contribution is 5.84. The van der Waals surface area contributed by atoms with Gasteiger partial charge in [-0.2, -0.15) is 17.7 Å². The molecule has 2 N–H and O–H groups in total. The summed E-state index contributed by atoms with van der Waals surface area (Å²) in [6.45, 7) is 5.39. The van der Waals surface area contributed by atoms with Crippen LogP contribution in [0.15, 0.2) is 12.1 Å². The van der Waals surface area contributed by atoms with E-state index in [9.17, 15) is 18.0 Å². The van der Waals surface area contributed by atoms with Gasteiger partial charge in [0.1, 0.15) is 11.9 Å². The third-order valence-corrected chi connectivity index (χ3v) is 3.28. The smallest absolute Gasteiger partial charge is 0.357 e. The molecule has 0 bridgehead atoms. The lowest BCUT2D eigenvalue weighted by Crippen LogP contribution is -2.42. The van der Waals surface area contributed by atoms with Gasteiger partial charge in [-0.05, 0) is 32.4 Å². The second-order valence-electron chi connectivity index (χ2n) is 5.19. The lowest BCUT2D eigenvalue weighted by atomic mass is 10.2. The zero-order chi connectivity index (χ0) is 17.2. The van der Waals surface area contributed by atoms with Crippen LogP contribution in [0.3, 0.4) is 0 Å². The third kappa shape index (κ3) is 3.88. The van der Waals surface area contributed by atoms with E-state index >= 15 is 0 Å². The Morgan fingerprint density at radius 3 is 2.61 bits per heavy atom. The maximum atomic E-state index is 12.8. The summed E-state index contributed by atoms with van der Waals surface area (Å²) in [4.78, 5) is 11.9. The van der Waals surface area contributed by atoms with Crippen LogP contribution < -0.4 is 10.6 Å². The van der Waals surface area contributed by atoms with Crippen molar-refractivity contribution in [1.82, 2.24) is 25.1 Å². The van der Waals surface area contributed by atoms with Crippen LogP contribution in [-0.4, -0.2) is 37.8 Å². The Labute approximate surface area is 130 Å². The van der Waals surface area contributed by atoms with Crippen LogP contribution in [0.5, 0.6) is 0 Å². The summed E-state index contributed by atoms with van der Waals surface area (Å²) in [7, 11) is 0. The Hall–Kier alpha value is -2.39. The highest BCUT2D eigenvalue weighted by Crippen LogP contribution is 2.27. The molecule has 7 nitrogen and oxygen atoms in total. The van der Waals surface area contributed by atoms with Crippen LogP contribution in [0.1, 0.15) is 33.0 Å². The van der Waals surface area contributed by atoms with Gasteiger partial charge in [0.15, 0.2) is 5.65 Å². The summed E-state index contributed by atoms with van der Waals surface area (Å²) < 4.78 is 39.0. The Kier molecular flexibility index (Phi) is 4.71. The topological polar surface area (TPSA) is 84.2 Å². The second-order valence-corrected chi connectivity index (χ2v) is 5.19. The molecule has 0 radical (unpaired) electrons. The minimum Gasteiger partial charge on any atom is -0.357 e. The maximum absolute atomic E-state index is 12.8. The van der Waals surface area contributed by atoms with Crippen molar-refractivity contribution in [1.29, 1.82) is 0 Å². The number of hydrogen-bond donors (Lipinski definition) is 2. The SMILES string of the molecule is CCC(C)NC(=O)C(C)Nc1ccc2nnc(C(F)(F)F)n2n1. The summed E-state index contributed by atoms with van der Waals surface area (Å²) in [6.07, 6.45) is -3.89. The monoisotopic (exact) mass is 330 g/mol. The number of alkyl halides is 3. The number of nitrogens with one attached hydrogen (secondary N) is 2. The fraction of sp³-hybridized carbons (Fsp3) is 0.538. The predicted octanol–water partition coefficient (Wildman–Crippen LogP) is 1.86. The van der Waals surface area contributed by atoms with Gasteiger partial charge in [-0.25, -0.2) is 0 Å². The number of carbonyl (C=O) groups is 1. The van der Waals surface area contributed by atoms with E-state index in [0.29, 0.717) is 4.52 Å². The zero-order valence-electron chi connectivity index (χ0n) is 12.8. The molecule has 2 aromatic rings. The normalized spacial score (nSPS) is 14.5. The van der Waals surface area contributed by atoms with Crippen molar-refractivity contribution >= 4 is 17.4 Å². The predicted molar refractivity (Wildman–Crippen MR) is 76.8 cm³/mol. The molecular formula is C13H17F3N6O. The summed E-state index contributed by atoms with van der Waals surface area (Å²) in [6, 6.07) is 2.14. The summed E-state index contributed by atoms with van der Waals surface area (Å²) in [5.74, 6) is -1.36. The molecule has 0 saturated carbocycles. The van der Waals surface area contributed by atoms with E-state index in [-0.39, 0.29) is 23.4 Å². The molecule has 0 aliphatic heterocycles. The van der Waals surface area contributed by atoms with E-state index in [2.05, 4.69) is 25.9 Å². The highest BCUT2D eigenvalue weighted by Gasteiger charge is 2.37. The molecule has 0 aliphatic carbocycles. The Morgan fingerprint density at radius 2 is 2.00 bits per heavy atom. The molecular weight excluding hydrogens is 313 g/mol. The standard InChI is InChI=1S/C13H17F3N6O/c1-4-7(2)17-11(23)8(3)18-9-5-6-10-19-20-12(13(14,15)16)22(10)21-9/h5-8H,4H2,1-3H3,(H,17,23)(H,18,21). The molecule has 126 valence electrons. The molecule has 2 aromatic heterocycles. The molecule has 1 amide bonds. The Morgan fingerprint density at radius 1 is 1.30 bits per heavy atom. The van der Waals surface area contributed by atoms with Crippen LogP contribution >= 0.6 is 0 Å². The molecule has 2 atom stereocenters. The van der Waals surface area contributed by atoms with Gasteiger partial charge < -0.3 is 10.6 Å². The largest absolute Gasteiger partial charge is 0.453 e. The summed E-state index contributed by atoms with van der Waals surface area (Å²) in [5.41, 5.74) is -0.0282.